The Bertz CT molecular complexity index is 880. The molecule has 0 bridgehead atoms. The van der Waals surface area contributed by atoms with Crippen molar-refractivity contribution in [2.24, 2.45) is 5.92 Å². The topological polar surface area (TPSA) is 55.6 Å². The number of nitrogens with one attached hydrogen (secondary N) is 1. The first-order valence-electron chi connectivity index (χ1n) is 7.93. The van der Waals surface area contributed by atoms with Gasteiger partial charge in [-0.3, -0.25) is 9.20 Å². The molecule has 0 unspecified atom stereocenters. The Hall–Kier alpha value is -2.82. The van der Waals surface area contributed by atoms with Crippen molar-refractivity contribution in [2.45, 2.75) is 20.8 Å². The Morgan fingerprint density at radius 2 is 1.88 bits per heavy atom. The molecule has 3 rings (SSSR count). The summed E-state index contributed by atoms with van der Waals surface area (Å²) >= 11 is 0. The molecule has 1 N–H and O–H groups in total. The van der Waals surface area contributed by atoms with E-state index in [-0.39, 0.29) is 11.8 Å². The van der Waals surface area contributed by atoms with Gasteiger partial charge in [0, 0.05) is 17.7 Å². The van der Waals surface area contributed by atoms with Gasteiger partial charge in [-0.15, -0.1) is 0 Å². The van der Waals surface area contributed by atoms with Crippen LogP contribution in [-0.4, -0.2) is 22.4 Å². The predicted octanol–water partition coefficient (Wildman–Crippen LogP) is 3.91. The quantitative estimate of drug-likeness (QED) is 0.792. The highest BCUT2D eigenvalue weighted by atomic mass is 16.5. The second-order valence-corrected chi connectivity index (χ2v) is 6.12. The third-order valence-electron chi connectivity index (χ3n) is 3.90. The van der Waals surface area contributed by atoms with Gasteiger partial charge in [-0.1, -0.05) is 19.9 Å². The van der Waals surface area contributed by atoms with Crippen LogP contribution in [0.2, 0.25) is 0 Å². The number of fused-ring (bicyclic) bond motifs is 1. The highest BCUT2D eigenvalue weighted by Gasteiger charge is 2.18. The number of anilines is 1. The molecular weight excluding hydrogens is 302 g/mol. The van der Waals surface area contributed by atoms with Crippen LogP contribution < -0.4 is 10.1 Å². The largest absolute Gasteiger partial charge is 0.497 e. The average Bonchev–Trinajstić information content (AvgIpc) is 2.92. The second kappa shape index (κ2) is 6.35. The lowest BCUT2D eigenvalue weighted by Crippen LogP contribution is -2.19. The number of amides is 1. The maximum absolute atomic E-state index is 12.3. The van der Waals surface area contributed by atoms with Gasteiger partial charge in [-0.2, -0.15) is 0 Å². The standard InChI is InChI=1S/C19H21N3O2/c1-12(2)19(23)21-18-17(14-6-8-15(24-4)9-7-14)20-16-10-5-13(3)11-22(16)18/h5-12H,1-4H3,(H,21,23). The Balaban J connectivity index is 2.16. The maximum Gasteiger partial charge on any atom is 0.228 e. The molecule has 0 saturated carbocycles. The van der Waals surface area contributed by atoms with Crippen LogP contribution in [0.5, 0.6) is 5.75 Å². The van der Waals surface area contributed by atoms with Crippen LogP contribution in [0.1, 0.15) is 19.4 Å². The van der Waals surface area contributed by atoms with Crippen molar-refractivity contribution in [3.8, 4) is 17.0 Å². The number of carbonyl (C=O) groups excluding carboxylic acids is 1. The van der Waals surface area contributed by atoms with Crippen molar-refractivity contribution >= 4 is 17.4 Å². The molecule has 2 aromatic heterocycles. The van der Waals surface area contributed by atoms with Crippen molar-refractivity contribution in [1.82, 2.24) is 9.38 Å². The molecule has 3 aromatic rings. The van der Waals surface area contributed by atoms with Crippen LogP contribution in [0.3, 0.4) is 0 Å². The Morgan fingerprint density at radius 1 is 1.17 bits per heavy atom. The smallest absolute Gasteiger partial charge is 0.228 e. The first-order valence-corrected chi connectivity index (χ1v) is 7.93. The highest BCUT2D eigenvalue weighted by molar-refractivity contribution is 5.95. The van der Waals surface area contributed by atoms with Crippen molar-refractivity contribution in [3.63, 3.8) is 0 Å². The number of aromatic nitrogens is 2. The van der Waals surface area contributed by atoms with Gasteiger partial charge in [-0.25, -0.2) is 4.98 Å². The van der Waals surface area contributed by atoms with E-state index in [1.54, 1.807) is 7.11 Å². The molecule has 0 aliphatic heterocycles. The summed E-state index contributed by atoms with van der Waals surface area (Å²) in [4.78, 5) is 16.9. The fraction of sp³-hybridized carbons (Fsp3) is 0.263. The van der Waals surface area contributed by atoms with Gasteiger partial charge in [0.25, 0.3) is 0 Å². The molecular formula is C19H21N3O2. The summed E-state index contributed by atoms with van der Waals surface area (Å²) in [6, 6.07) is 11.6. The molecule has 124 valence electrons. The fourth-order valence-electron chi connectivity index (χ4n) is 2.48. The first-order chi connectivity index (χ1) is 11.5. The molecule has 5 nitrogen and oxygen atoms in total. The van der Waals surface area contributed by atoms with Gasteiger partial charge in [0.1, 0.15) is 22.9 Å². The minimum atomic E-state index is -0.107. The fourth-order valence-corrected chi connectivity index (χ4v) is 2.48. The van der Waals surface area contributed by atoms with Gasteiger partial charge in [0.05, 0.1) is 7.11 Å². The Labute approximate surface area is 141 Å². The molecule has 0 aliphatic rings. The number of hydrogen-bond donors (Lipinski definition) is 1. The zero-order valence-electron chi connectivity index (χ0n) is 14.3. The molecule has 0 aliphatic carbocycles. The highest BCUT2D eigenvalue weighted by Crippen LogP contribution is 2.30. The number of carbonyl (C=O) groups is 1. The molecule has 24 heavy (non-hydrogen) atoms. The van der Waals surface area contributed by atoms with Gasteiger partial charge in [0.2, 0.25) is 5.91 Å². The summed E-state index contributed by atoms with van der Waals surface area (Å²) in [6.07, 6.45) is 1.98. The summed E-state index contributed by atoms with van der Waals surface area (Å²) < 4.78 is 7.14. The zero-order valence-corrected chi connectivity index (χ0v) is 14.3. The molecule has 2 heterocycles. The SMILES string of the molecule is COc1ccc(-c2nc3ccc(C)cn3c2NC(=O)C(C)C)cc1. The van der Waals surface area contributed by atoms with Gasteiger partial charge in [-0.05, 0) is 42.8 Å². The van der Waals surface area contributed by atoms with E-state index in [1.807, 2.05) is 67.8 Å². The van der Waals surface area contributed by atoms with E-state index in [1.165, 1.54) is 0 Å². The van der Waals surface area contributed by atoms with Gasteiger partial charge in [0.15, 0.2) is 0 Å². The normalized spacial score (nSPS) is 11.0. The van der Waals surface area contributed by atoms with Crippen molar-refractivity contribution < 1.29 is 9.53 Å². The summed E-state index contributed by atoms with van der Waals surface area (Å²) in [5.41, 5.74) is 3.57. The van der Waals surface area contributed by atoms with Crippen LogP contribution >= 0.6 is 0 Å². The van der Waals surface area contributed by atoms with E-state index in [0.717, 1.165) is 28.2 Å². The molecule has 0 radical (unpaired) electrons. The van der Waals surface area contributed by atoms with Crippen LogP contribution in [0, 0.1) is 12.8 Å². The number of methoxy groups -OCH3 is 1. The molecule has 1 amide bonds. The number of rotatable bonds is 4. The Kier molecular flexibility index (Phi) is 4.25. The van der Waals surface area contributed by atoms with Crippen molar-refractivity contribution in [3.05, 3.63) is 48.2 Å². The van der Waals surface area contributed by atoms with Crippen molar-refractivity contribution in [2.75, 3.05) is 12.4 Å². The number of pyridine rings is 1. The van der Waals surface area contributed by atoms with Crippen LogP contribution in [-0.2, 0) is 4.79 Å². The van der Waals surface area contributed by atoms with E-state index in [9.17, 15) is 4.79 Å². The van der Waals surface area contributed by atoms with Gasteiger partial charge >= 0.3 is 0 Å². The number of ether oxygens (including phenoxy) is 1. The van der Waals surface area contributed by atoms with E-state index in [0.29, 0.717) is 5.82 Å². The third-order valence-corrected chi connectivity index (χ3v) is 3.90. The molecule has 5 heteroatoms. The average molecular weight is 323 g/mol. The van der Waals surface area contributed by atoms with Crippen LogP contribution in [0.4, 0.5) is 5.82 Å². The lowest BCUT2D eigenvalue weighted by atomic mass is 10.1. The van der Waals surface area contributed by atoms with E-state index in [2.05, 4.69) is 5.32 Å². The number of nitrogens with zero attached hydrogens (tertiary/aromatic N) is 2. The monoisotopic (exact) mass is 323 g/mol. The van der Waals surface area contributed by atoms with E-state index in [4.69, 9.17) is 9.72 Å². The molecule has 0 spiro atoms. The summed E-state index contributed by atoms with van der Waals surface area (Å²) in [5, 5.41) is 3.02. The third kappa shape index (κ3) is 2.97. The first kappa shape index (κ1) is 16.1. The van der Waals surface area contributed by atoms with E-state index < -0.39 is 0 Å². The summed E-state index contributed by atoms with van der Waals surface area (Å²) in [6.45, 7) is 5.76. The number of aryl methyl sites for hydroxylation is 1. The molecule has 0 fully saturated rings. The summed E-state index contributed by atoms with van der Waals surface area (Å²) in [5.74, 6) is 1.33. The zero-order chi connectivity index (χ0) is 17.3. The van der Waals surface area contributed by atoms with E-state index >= 15 is 0 Å². The lowest BCUT2D eigenvalue weighted by Gasteiger charge is -2.10. The lowest BCUT2D eigenvalue weighted by molar-refractivity contribution is -0.118. The molecule has 0 saturated heterocycles. The Morgan fingerprint density at radius 3 is 2.50 bits per heavy atom. The second-order valence-electron chi connectivity index (χ2n) is 6.12. The van der Waals surface area contributed by atoms with Crippen LogP contribution in [0.15, 0.2) is 42.6 Å². The van der Waals surface area contributed by atoms with Gasteiger partial charge < -0.3 is 10.1 Å². The predicted molar refractivity (Wildman–Crippen MR) is 95.4 cm³/mol. The molecule has 0 atom stereocenters. The minimum absolute atomic E-state index is 0.0342. The number of imidazole rings is 1. The number of benzene rings is 1. The molecule has 1 aromatic carbocycles. The number of hydrogen-bond acceptors (Lipinski definition) is 3. The minimum Gasteiger partial charge on any atom is -0.497 e. The summed E-state index contributed by atoms with van der Waals surface area (Å²) in [7, 11) is 1.64. The van der Waals surface area contributed by atoms with Crippen LogP contribution in [0.25, 0.3) is 16.9 Å². The van der Waals surface area contributed by atoms with Crippen molar-refractivity contribution in [1.29, 1.82) is 0 Å². The maximum atomic E-state index is 12.3.